The minimum absolute atomic E-state index is 0.707. The summed E-state index contributed by atoms with van der Waals surface area (Å²) in [5.41, 5.74) is 0. The van der Waals surface area contributed by atoms with Gasteiger partial charge in [-0.2, -0.15) is 0 Å². The predicted octanol–water partition coefficient (Wildman–Crippen LogP) is 1.79. The average Bonchev–Trinajstić information content (AvgIpc) is 2.30. The largest absolute Gasteiger partial charge is 0.316 e. The molecule has 1 N–H and O–H groups in total. The van der Waals surface area contributed by atoms with Gasteiger partial charge in [-0.05, 0) is 59.2 Å². The standard InChI is InChI=1S/C15H31N3/c1-5-8-16-9-14-6-7-15(14)18-10-12(2)17(4)13(3)11-18/h12-16H,5-11H2,1-4H3. The van der Waals surface area contributed by atoms with Gasteiger partial charge in [0.2, 0.25) is 0 Å². The lowest BCUT2D eigenvalue weighted by molar-refractivity contribution is -0.0167. The van der Waals surface area contributed by atoms with Gasteiger partial charge in [0.1, 0.15) is 0 Å². The van der Waals surface area contributed by atoms with Crippen LogP contribution in [0.25, 0.3) is 0 Å². The van der Waals surface area contributed by atoms with Gasteiger partial charge < -0.3 is 5.32 Å². The van der Waals surface area contributed by atoms with Crippen LogP contribution in [0.5, 0.6) is 0 Å². The molecule has 0 aromatic heterocycles. The second kappa shape index (κ2) is 6.36. The maximum atomic E-state index is 3.60. The van der Waals surface area contributed by atoms with E-state index in [-0.39, 0.29) is 0 Å². The highest BCUT2D eigenvalue weighted by atomic mass is 15.3. The molecule has 0 bridgehead atoms. The van der Waals surface area contributed by atoms with E-state index >= 15 is 0 Å². The van der Waals surface area contributed by atoms with Gasteiger partial charge in [-0.15, -0.1) is 0 Å². The Morgan fingerprint density at radius 1 is 1.11 bits per heavy atom. The molecule has 0 aromatic carbocycles. The normalized spacial score (nSPS) is 38.7. The molecule has 0 spiro atoms. The molecule has 2 rings (SSSR count). The Hall–Kier alpha value is -0.120. The van der Waals surface area contributed by atoms with Crippen molar-refractivity contribution in [3.63, 3.8) is 0 Å². The Morgan fingerprint density at radius 3 is 2.28 bits per heavy atom. The average molecular weight is 253 g/mol. The summed E-state index contributed by atoms with van der Waals surface area (Å²) in [6.45, 7) is 11.9. The van der Waals surface area contributed by atoms with Crippen LogP contribution in [0, 0.1) is 5.92 Å². The van der Waals surface area contributed by atoms with Gasteiger partial charge >= 0.3 is 0 Å². The van der Waals surface area contributed by atoms with Gasteiger partial charge in [-0.1, -0.05) is 6.92 Å². The Labute approximate surface area is 113 Å². The van der Waals surface area contributed by atoms with E-state index in [9.17, 15) is 0 Å². The second-order valence-corrected chi connectivity index (χ2v) is 6.43. The number of hydrogen-bond acceptors (Lipinski definition) is 3. The third kappa shape index (κ3) is 3.06. The summed E-state index contributed by atoms with van der Waals surface area (Å²) < 4.78 is 0. The van der Waals surface area contributed by atoms with Crippen LogP contribution in [0.1, 0.15) is 40.0 Å². The Kier molecular flexibility index (Phi) is 5.05. The number of nitrogens with zero attached hydrogens (tertiary/aromatic N) is 2. The minimum Gasteiger partial charge on any atom is -0.316 e. The number of rotatable bonds is 5. The van der Waals surface area contributed by atoms with Crippen molar-refractivity contribution in [1.29, 1.82) is 0 Å². The Morgan fingerprint density at radius 2 is 1.78 bits per heavy atom. The minimum atomic E-state index is 0.707. The van der Waals surface area contributed by atoms with E-state index in [1.54, 1.807) is 0 Å². The van der Waals surface area contributed by atoms with Crippen molar-refractivity contribution < 1.29 is 0 Å². The summed E-state index contributed by atoms with van der Waals surface area (Å²) in [7, 11) is 2.27. The quantitative estimate of drug-likeness (QED) is 0.754. The first kappa shape index (κ1) is 14.3. The molecular formula is C15H31N3. The van der Waals surface area contributed by atoms with Crippen LogP contribution < -0.4 is 5.32 Å². The van der Waals surface area contributed by atoms with Crippen molar-refractivity contribution in [2.24, 2.45) is 5.92 Å². The SMILES string of the molecule is CCCNCC1CCC1N1CC(C)N(C)C(C)C1. The fourth-order valence-electron chi connectivity index (χ4n) is 3.45. The Bertz CT molecular complexity index is 244. The number of hydrogen-bond donors (Lipinski definition) is 1. The monoisotopic (exact) mass is 253 g/mol. The zero-order chi connectivity index (χ0) is 13.1. The summed E-state index contributed by atoms with van der Waals surface area (Å²) >= 11 is 0. The molecule has 0 radical (unpaired) electrons. The maximum Gasteiger partial charge on any atom is 0.0195 e. The molecule has 18 heavy (non-hydrogen) atoms. The van der Waals surface area contributed by atoms with Crippen molar-refractivity contribution in [3.8, 4) is 0 Å². The van der Waals surface area contributed by atoms with E-state index in [1.807, 2.05) is 0 Å². The molecule has 3 heteroatoms. The molecule has 1 heterocycles. The van der Waals surface area contributed by atoms with E-state index < -0.39 is 0 Å². The summed E-state index contributed by atoms with van der Waals surface area (Å²) in [6, 6.07) is 2.27. The van der Waals surface area contributed by atoms with Crippen molar-refractivity contribution in [3.05, 3.63) is 0 Å². The van der Waals surface area contributed by atoms with Gasteiger partial charge in [-0.25, -0.2) is 0 Å². The summed E-state index contributed by atoms with van der Waals surface area (Å²) in [4.78, 5) is 5.29. The summed E-state index contributed by atoms with van der Waals surface area (Å²) in [5, 5.41) is 3.60. The van der Waals surface area contributed by atoms with E-state index in [4.69, 9.17) is 0 Å². The molecule has 3 nitrogen and oxygen atoms in total. The second-order valence-electron chi connectivity index (χ2n) is 6.43. The molecule has 1 saturated carbocycles. The first-order valence-electron chi connectivity index (χ1n) is 7.80. The van der Waals surface area contributed by atoms with Gasteiger partial charge in [0.15, 0.2) is 0 Å². The van der Waals surface area contributed by atoms with E-state index in [2.05, 4.69) is 42.9 Å². The van der Waals surface area contributed by atoms with Crippen molar-refractivity contribution >= 4 is 0 Å². The third-order valence-electron chi connectivity index (χ3n) is 5.07. The van der Waals surface area contributed by atoms with Crippen LogP contribution in [0.15, 0.2) is 0 Å². The van der Waals surface area contributed by atoms with Gasteiger partial charge in [0.25, 0.3) is 0 Å². The maximum absolute atomic E-state index is 3.60. The lowest BCUT2D eigenvalue weighted by Gasteiger charge is -2.51. The molecule has 4 unspecified atom stereocenters. The topological polar surface area (TPSA) is 18.5 Å². The highest BCUT2D eigenvalue weighted by Crippen LogP contribution is 2.33. The fourth-order valence-corrected chi connectivity index (χ4v) is 3.45. The molecule has 2 fully saturated rings. The van der Waals surface area contributed by atoms with Crippen molar-refractivity contribution in [2.75, 3.05) is 33.2 Å². The molecule has 1 aliphatic heterocycles. The molecule has 1 aliphatic carbocycles. The molecule has 1 saturated heterocycles. The zero-order valence-electron chi connectivity index (χ0n) is 12.7. The Balaban J connectivity index is 1.80. The summed E-state index contributed by atoms with van der Waals surface area (Å²) in [5.74, 6) is 0.902. The van der Waals surface area contributed by atoms with Crippen LogP contribution in [0.2, 0.25) is 0 Å². The lowest BCUT2D eigenvalue weighted by Crippen LogP contribution is -2.61. The highest BCUT2D eigenvalue weighted by molar-refractivity contribution is 4.94. The molecular weight excluding hydrogens is 222 g/mol. The summed E-state index contributed by atoms with van der Waals surface area (Å²) in [6.07, 6.45) is 4.10. The van der Waals surface area contributed by atoms with Gasteiger partial charge in [-0.3, -0.25) is 9.80 Å². The molecule has 0 aromatic rings. The van der Waals surface area contributed by atoms with Gasteiger partial charge in [0.05, 0.1) is 0 Å². The van der Waals surface area contributed by atoms with Crippen molar-refractivity contribution in [2.45, 2.75) is 58.2 Å². The van der Waals surface area contributed by atoms with Crippen LogP contribution in [-0.4, -0.2) is 61.2 Å². The first-order chi connectivity index (χ1) is 8.63. The molecule has 4 atom stereocenters. The molecule has 0 amide bonds. The van der Waals surface area contributed by atoms with Gasteiger partial charge in [0, 0.05) is 31.2 Å². The number of likely N-dealkylation sites (N-methyl/N-ethyl adjacent to an activating group) is 1. The van der Waals surface area contributed by atoms with Crippen molar-refractivity contribution in [1.82, 2.24) is 15.1 Å². The first-order valence-corrected chi connectivity index (χ1v) is 7.80. The smallest absolute Gasteiger partial charge is 0.0195 e. The molecule has 106 valence electrons. The highest BCUT2D eigenvalue weighted by Gasteiger charge is 2.38. The predicted molar refractivity (Wildman–Crippen MR) is 77.9 cm³/mol. The van der Waals surface area contributed by atoms with E-state index in [0.717, 1.165) is 12.0 Å². The van der Waals surface area contributed by atoms with E-state index in [1.165, 1.54) is 45.4 Å². The number of piperazine rings is 1. The fraction of sp³-hybridized carbons (Fsp3) is 1.00. The van der Waals surface area contributed by atoms with E-state index in [0.29, 0.717) is 12.1 Å². The third-order valence-corrected chi connectivity index (χ3v) is 5.07. The number of nitrogens with one attached hydrogen (secondary N) is 1. The van der Waals surface area contributed by atoms with Crippen LogP contribution in [0.4, 0.5) is 0 Å². The van der Waals surface area contributed by atoms with Crippen LogP contribution >= 0.6 is 0 Å². The van der Waals surface area contributed by atoms with Crippen LogP contribution in [0.3, 0.4) is 0 Å². The zero-order valence-corrected chi connectivity index (χ0v) is 12.7. The lowest BCUT2D eigenvalue weighted by atomic mass is 9.77. The molecule has 2 aliphatic rings. The van der Waals surface area contributed by atoms with Crippen LogP contribution in [-0.2, 0) is 0 Å².